The van der Waals surface area contributed by atoms with Crippen molar-refractivity contribution in [3.05, 3.63) is 35.4 Å². The number of nitrogens with one attached hydrogen (secondary N) is 1. The highest BCUT2D eigenvalue weighted by Gasteiger charge is 2.32. The molecular weight excluding hydrogens is 248 g/mol. The summed E-state index contributed by atoms with van der Waals surface area (Å²) in [4.78, 5) is 2.68. The second-order valence-corrected chi connectivity index (χ2v) is 6.14. The zero-order chi connectivity index (χ0) is 13.8. The lowest BCUT2D eigenvalue weighted by Crippen LogP contribution is -2.43. The normalized spacial score (nSPS) is 27.2. The first-order chi connectivity index (χ1) is 9.86. The maximum absolute atomic E-state index is 5.23. The average molecular weight is 274 g/mol. The molecule has 0 spiro atoms. The average Bonchev–Trinajstić information content (AvgIpc) is 3.10. The minimum atomic E-state index is 0.710. The molecule has 2 aliphatic heterocycles. The van der Waals surface area contributed by atoms with Gasteiger partial charge in [0.15, 0.2) is 0 Å². The highest BCUT2D eigenvalue weighted by Crippen LogP contribution is 2.26. The summed E-state index contributed by atoms with van der Waals surface area (Å²) in [6.07, 6.45) is 5.40. The van der Waals surface area contributed by atoms with E-state index in [0.717, 1.165) is 18.6 Å². The van der Waals surface area contributed by atoms with Crippen molar-refractivity contribution in [1.29, 1.82) is 0 Å². The molecule has 3 heteroatoms. The number of benzene rings is 1. The Hall–Kier alpha value is -0.900. The molecule has 0 aliphatic carbocycles. The molecule has 2 aliphatic rings. The van der Waals surface area contributed by atoms with Crippen LogP contribution in [0.3, 0.4) is 0 Å². The van der Waals surface area contributed by atoms with Crippen LogP contribution in [0, 0.1) is 0 Å². The second-order valence-electron chi connectivity index (χ2n) is 6.14. The van der Waals surface area contributed by atoms with Crippen LogP contribution in [-0.2, 0) is 17.9 Å². The molecule has 0 radical (unpaired) electrons. The third kappa shape index (κ3) is 3.22. The van der Waals surface area contributed by atoms with Crippen LogP contribution in [0.2, 0.25) is 0 Å². The van der Waals surface area contributed by atoms with Gasteiger partial charge in [0, 0.05) is 25.7 Å². The monoisotopic (exact) mass is 274 g/mol. The largest absolute Gasteiger partial charge is 0.380 e. The van der Waals surface area contributed by atoms with Crippen molar-refractivity contribution in [1.82, 2.24) is 10.2 Å². The van der Waals surface area contributed by atoms with Gasteiger partial charge >= 0.3 is 0 Å². The predicted molar refractivity (Wildman–Crippen MR) is 81.6 cm³/mol. The number of hydrogen-bond donors (Lipinski definition) is 1. The zero-order valence-corrected chi connectivity index (χ0v) is 12.5. The number of rotatable bonds is 5. The van der Waals surface area contributed by atoms with E-state index in [0.29, 0.717) is 6.61 Å². The Kier molecular flexibility index (Phi) is 4.71. The summed E-state index contributed by atoms with van der Waals surface area (Å²) >= 11 is 0. The predicted octanol–water partition coefficient (Wildman–Crippen LogP) is 2.55. The fraction of sp³-hybridized carbons (Fsp3) is 0.647. The molecular formula is C17H26N2O. The van der Waals surface area contributed by atoms with Gasteiger partial charge in [-0.25, -0.2) is 0 Å². The highest BCUT2D eigenvalue weighted by atomic mass is 16.5. The summed E-state index contributed by atoms with van der Waals surface area (Å²) < 4.78 is 5.23. The Labute approximate surface area is 122 Å². The van der Waals surface area contributed by atoms with Gasteiger partial charge in [-0.15, -0.1) is 0 Å². The van der Waals surface area contributed by atoms with Crippen molar-refractivity contribution in [2.45, 2.75) is 50.9 Å². The van der Waals surface area contributed by atoms with Crippen LogP contribution < -0.4 is 5.32 Å². The Morgan fingerprint density at radius 2 is 2.15 bits per heavy atom. The van der Waals surface area contributed by atoms with E-state index in [1.54, 1.807) is 7.11 Å². The third-order valence-corrected chi connectivity index (χ3v) is 4.67. The van der Waals surface area contributed by atoms with Crippen molar-refractivity contribution < 1.29 is 4.74 Å². The summed E-state index contributed by atoms with van der Waals surface area (Å²) in [6, 6.07) is 10.3. The van der Waals surface area contributed by atoms with Crippen LogP contribution in [0.5, 0.6) is 0 Å². The molecule has 2 saturated heterocycles. The van der Waals surface area contributed by atoms with E-state index < -0.39 is 0 Å². The molecule has 1 N–H and O–H groups in total. The van der Waals surface area contributed by atoms with Gasteiger partial charge in [-0.3, -0.25) is 4.90 Å². The van der Waals surface area contributed by atoms with Crippen LogP contribution >= 0.6 is 0 Å². The lowest BCUT2D eigenvalue weighted by atomic mass is 10.0. The van der Waals surface area contributed by atoms with Gasteiger partial charge in [-0.1, -0.05) is 24.3 Å². The SMILES string of the molecule is COCc1cccc(CN2CCCC2C2CCCN2)c1. The zero-order valence-electron chi connectivity index (χ0n) is 12.5. The minimum absolute atomic E-state index is 0.710. The molecule has 2 fully saturated rings. The molecule has 0 amide bonds. The number of methoxy groups -OCH3 is 1. The van der Waals surface area contributed by atoms with E-state index in [9.17, 15) is 0 Å². The summed E-state index contributed by atoms with van der Waals surface area (Å²) in [7, 11) is 1.76. The molecule has 2 unspecified atom stereocenters. The topological polar surface area (TPSA) is 24.5 Å². The van der Waals surface area contributed by atoms with E-state index in [4.69, 9.17) is 4.74 Å². The van der Waals surface area contributed by atoms with Gasteiger partial charge in [0.1, 0.15) is 0 Å². The Morgan fingerprint density at radius 3 is 2.95 bits per heavy atom. The van der Waals surface area contributed by atoms with E-state index in [2.05, 4.69) is 34.5 Å². The van der Waals surface area contributed by atoms with Gasteiger partial charge in [0.05, 0.1) is 6.61 Å². The lowest BCUT2D eigenvalue weighted by Gasteiger charge is -2.29. The van der Waals surface area contributed by atoms with Crippen LogP contribution in [-0.4, -0.2) is 37.2 Å². The fourth-order valence-corrected chi connectivity index (χ4v) is 3.76. The number of nitrogens with zero attached hydrogens (tertiary/aromatic N) is 1. The number of hydrogen-bond acceptors (Lipinski definition) is 3. The smallest absolute Gasteiger partial charge is 0.0713 e. The van der Waals surface area contributed by atoms with Crippen LogP contribution in [0.1, 0.15) is 36.8 Å². The molecule has 0 bridgehead atoms. The van der Waals surface area contributed by atoms with Crippen LogP contribution in [0.15, 0.2) is 24.3 Å². The van der Waals surface area contributed by atoms with E-state index >= 15 is 0 Å². The molecule has 1 aromatic carbocycles. The molecule has 2 heterocycles. The van der Waals surface area contributed by atoms with E-state index in [1.807, 2.05) is 0 Å². The fourth-order valence-electron chi connectivity index (χ4n) is 3.76. The number of likely N-dealkylation sites (tertiary alicyclic amines) is 1. The minimum Gasteiger partial charge on any atom is -0.380 e. The first kappa shape index (κ1) is 14.1. The van der Waals surface area contributed by atoms with Crippen molar-refractivity contribution in [2.24, 2.45) is 0 Å². The van der Waals surface area contributed by atoms with Crippen molar-refractivity contribution in [3.8, 4) is 0 Å². The van der Waals surface area contributed by atoms with Crippen molar-refractivity contribution in [2.75, 3.05) is 20.2 Å². The van der Waals surface area contributed by atoms with Crippen LogP contribution in [0.4, 0.5) is 0 Å². The Balaban J connectivity index is 1.65. The van der Waals surface area contributed by atoms with Crippen molar-refractivity contribution >= 4 is 0 Å². The van der Waals surface area contributed by atoms with Gasteiger partial charge in [-0.05, 0) is 49.9 Å². The molecule has 2 atom stereocenters. The van der Waals surface area contributed by atoms with Gasteiger partial charge in [-0.2, -0.15) is 0 Å². The molecule has 3 rings (SSSR count). The first-order valence-electron chi connectivity index (χ1n) is 7.91. The third-order valence-electron chi connectivity index (χ3n) is 4.67. The number of ether oxygens (including phenoxy) is 1. The van der Waals surface area contributed by atoms with Gasteiger partial charge in [0.25, 0.3) is 0 Å². The van der Waals surface area contributed by atoms with E-state index in [-0.39, 0.29) is 0 Å². The molecule has 1 aromatic rings. The summed E-state index contributed by atoms with van der Waals surface area (Å²) in [5, 5.41) is 3.68. The Morgan fingerprint density at radius 1 is 1.25 bits per heavy atom. The van der Waals surface area contributed by atoms with Gasteiger partial charge < -0.3 is 10.1 Å². The van der Waals surface area contributed by atoms with Crippen LogP contribution in [0.25, 0.3) is 0 Å². The molecule has 20 heavy (non-hydrogen) atoms. The molecule has 0 aromatic heterocycles. The first-order valence-corrected chi connectivity index (χ1v) is 7.91. The summed E-state index contributed by atoms with van der Waals surface area (Å²) in [6.45, 7) is 4.25. The second kappa shape index (κ2) is 6.70. The maximum atomic E-state index is 5.23. The highest BCUT2D eigenvalue weighted by molar-refractivity contribution is 5.23. The standard InChI is InChI=1S/C17H26N2O/c1-20-13-15-6-2-5-14(11-15)12-19-10-4-8-17(19)16-7-3-9-18-16/h2,5-6,11,16-18H,3-4,7-10,12-13H2,1H3. The maximum Gasteiger partial charge on any atom is 0.0713 e. The lowest BCUT2D eigenvalue weighted by molar-refractivity contribution is 0.184. The summed E-state index contributed by atoms with van der Waals surface area (Å²) in [5.41, 5.74) is 2.70. The molecule has 3 nitrogen and oxygen atoms in total. The molecule has 110 valence electrons. The quantitative estimate of drug-likeness (QED) is 0.893. The molecule has 0 saturated carbocycles. The van der Waals surface area contributed by atoms with Gasteiger partial charge in [0.2, 0.25) is 0 Å². The summed E-state index contributed by atoms with van der Waals surface area (Å²) in [5.74, 6) is 0. The van der Waals surface area contributed by atoms with E-state index in [1.165, 1.54) is 49.9 Å². The van der Waals surface area contributed by atoms with Crippen molar-refractivity contribution in [3.63, 3.8) is 0 Å². The Bertz CT molecular complexity index is 429.